The molecule has 8 heteroatoms. The van der Waals surface area contributed by atoms with Crippen molar-refractivity contribution in [1.82, 2.24) is 29.9 Å². The normalized spacial score (nSPS) is 26.6. The van der Waals surface area contributed by atoms with Gasteiger partial charge in [-0.15, -0.1) is 24.0 Å². The molecule has 3 aliphatic rings. The maximum Gasteiger partial charge on any atom is 0.194 e. The third-order valence-electron chi connectivity index (χ3n) is 7.04. The number of fused-ring (bicyclic) bond motifs is 2. The third kappa shape index (κ3) is 4.49. The Bertz CT molecular complexity index is 845. The number of nitrogens with zero attached hydrogens (tertiary/aromatic N) is 6. The van der Waals surface area contributed by atoms with Crippen molar-refractivity contribution in [3.05, 3.63) is 42.5 Å². The van der Waals surface area contributed by atoms with E-state index in [9.17, 15) is 0 Å². The van der Waals surface area contributed by atoms with Gasteiger partial charge < -0.3 is 10.2 Å². The molecule has 3 unspecified atom stereocenters. The van der Waals surface area contributed by atoms with E-state index in [4.69, 9.17) is 0 Å². The van der Waals surface area contributed by atoms with Crippen LogP contribution in [-0.4, -0.2) is 69.8 Å². The molecule has 3 fully saturated rings. The lowest BCUT2D eigenvalue weighted by atomic mass is 9.93. The van der Waals surface area contributed by atoms with Crippen LogP contribution in [0.25, 0.3) is 5.69 Å². The first-order chi connectivity index (χ1) is 14.3. The predicted molar refractivity (Wildman–Crippen MR) is 129 cm³/mol. The number of benzene rings is 1. The summed E-state index contributed by atoms with van der Waals surface area (Å²) in [6.45, 7) is 5.20. The van der Waals surface area contributed by atoms with Crippen LogP contribution in [0.2, 0.25) is 0 Å². The largest absolute Gasteiger partial charge is 0.352 e. The van der Waals surface area contributed by atoms with Crippen molar-refractivity contribution in [2.75, 3.05) is 33.2 Å². The molecule has 0 amide bonds. The number of aromatic nitrogens is 3. The van der Waals surface area contributed by atoms with Crippen molar-refractivity contribution < 1.29 is 0 Å². The van der Waals surface area contributed by atoms with E-state index in [1.54, 1.807) is 17.3 Å². The summed E-state index contributed by atoms with van der Waals surface area (Å²) in [4.78, 5) is 13.7. The smallest absolute Gasteiger partial charge is 0.194 e. The molecular formula is C22H32IN7. The second-order valence-corrected chi connectivity index (χ2v) is 8.68. The Morgan fingerprint density at radius 2 is 2.03 bits per heavy atom. The molecule has 1 aliphatic heterocycles. The number of guanidine groups is 1. The number of hydrogen-bond acceptors (Lipinski definition) is 4. The van der Waals surface area contributed by atoms with Crippen molar-refractivity contribution in [3.8, 4) is 5.69 Å². The van der Waals surface area contributed by atoms with Crippen LogP contribution in [0.3, 0.4) is 0 Å². The lowest BCUT2D eigenvalue weighted by Gasteiger charge is -2.42. The molecule has 1 N–H and O–H groups in total. The summed E-state index contributed by atoms with van der Waals surface area (Å²) in [7, 11) is 1.89. The molecule has 7 nitrogen and oxygen atoms in total. The first kappa shape index (κ1) is 21.5. The average molecular weight is 521 g/mol. The van der Waals surface area contributed by atoms with Crippen LogP contribution in [0.15, 0.2) is 41.9 Å². The van der Waals surface area contributed by atoms with Crippen LogP contribution in [0.5, 0.6) is 0 Å². The van der Waals surface area contributed by atoms with Gasteiger partial charge in [-0.05, 0) is 48.8 Å². The van der Waals surface area contributed by atoms with E-state index < -0.39 is 0 Å². The first-order valence-corrected chi connectivity index (χ1v) is 10.9. The van der Waals surface area contributed by atoms with Crippen molar-refractivity contribution in [1.29, 1.82) is 0 Å². The fraction of sp³-hybridized carbons (Fsp3) is 0.591. The molecule has 0 spiro atoms. The van der Waals surface area contributed by atoms with Crippen molar-refractivity contribution in [3.63, 3.8) is 0 Å². The Morgan fingerprint density at radius 1 is 1.17 bits per heavy atom. The molecule has 2 saturated carbocycles. The van der Waals surface area contributed by atoms with Crippen LogP contribution in [0.1, 0.15) is 31.2 Å². The van der Waals surface area contributed by atoms with Gasteiger partial charge in [0.05, 0.1) is 5.69 Å². The molecule has 30 heavy (non-hydrogen) atoms. The highest BCUT2D eigenvalue weighted by Crippen LogP contribution is 2.46. The highest BCUT2D eigenvalue weighted by molar-refractivity contribution is 14.0. The molecule has 162 valence electrons. The predicted octanol–water partition coefficient (Wildman–Crippen LogP) is 2.77. The van der Waals surface area contributed by atoms with Gasteiger partial charge in [0.15, 0.2) is 5.96 Å². The number of hydrogen-bond donors (Lipinski definition) is 1. The molecular weight excluding hydrogens is 489 g/mol. The van der Waals surface area contributed by atoms with Crippen LogP contribution in [0.4, 0.5) is 0 Å². The highest BCUT2D eigenvalue weighted by Gasteiger charge is 2.42. The van der Waals surface area contributed by atoms with Crippen LogP contribution >= 0.6 is 24.0 Å². The number of aliphatic imine (C=N–C) groups is 1. The zero-order valence-electron chi connectivity index (χ0n) is 17.7. The number of piperazine rings is 1. The van der Waals surface area contributed by atoms with Crippen molar-refractivity contribution in [2.24, 2.45) is 16.8 Å². The van der Waals surface area contributed by atoms with Crippen LogP contribution < -0.4 is 5.32 Å². The molecule has 2 bridgehead atoms. The van der Waals surface area contributed by atoms with Gasteiger partial charge in [0.25, 0.3) is 0 Å². The van der Waals surface area contributed by atoms with E-state index in [0.717, 1.165) is 62.2 Å². The van der Waals surface area contributed by atoms with Gasteiger partial charge in [-0.25, -0.2) is 9.67 Å². The van der Waals surface area contributed by atoms with Gasteiger partial charge in [-0.1, -0.05) is 18.6 Å². The second kappa shape index (κ2) is 9.64. The lowest BCUT2D eigenvalue weighted by Crippen LogP contribution is -2.55. The summed E-state index contributed by atoms with van der Waals surface area (Å²) in [6.07, 6.45) is 9.16. The highest BCUT2D eigenvalue weighted by atomic mass is 127. The summed E-state index contributed by atoms with van der Waals surface area (Å²) in [6, 6.07) is 9.23. The Hall–Kier alpha value is -1.68. The van der Waals surface area contributed by atoms with E-state index in [-0.39, 0.29) is 24.0 Å². The fourth-order valence-electron chi connectivity index (χ4n) is 5.59. The Kier molecular flexibility index (Phi) is 6.92. The molecule has 5 rings (SSSR count). The van der Waals surface area contributed by atoms with E-state index in [2.05, 4.69) is 48.4 Å². The summed E-state index contributed by atoms with van der Waals surface area (Å²) < 4.78 is 1.78. The molecule has 0 radical (unpaired) electrons. The quantitative estimate of drug-likeness (QED) is 0.381. The molecule has 2 aromatic rings. The number of nitrogens with one attached hydrogen (secondary N) is 1. The van der Waals surface area contributed by atoms with Crippen molar-refractivity contribution >= 4 is 29.9 Å². The zero-order chi connectivity index (χ0) is 19.6. The molecule has 3 atom stereocenters. The molecule has 2 aliphatic carbocycles. The third-order valence-corrected chi connectivity index (χ3v) is 7.04. The monoisotopic (exact) mass is 521 g/mol. The van der Waals surface area contributed by atoms with E-state index >= 15 is 0 Å². The zero-order valence-corrected chi connectivity index (χ0v) is 20.0. The summed E-state index contributed by atoms with van der Waals surface area (Å²) in [5, 5.41) is 7.77. The Balaban J connectivity index is 0.00000218. The van der Waals surface area contributed by atoms with Crippen molar-refractivity contribution in [2.45, 2.75) is 38.3 Å². The first-order valence-electron chi connectivity index (χ1n) is 10.9. The minimum absolute atomic E-state index is 0. The van der Waals surface area contributed by atoms with E-state index in [1.807, 2.05) is 13.1 Å². The van der Waals surface area contributed by atoms with E-state index in [0.29, 0.717) is 0 Å². The summed E-state index contributed by atoms with van der Waals surface area (Å²) in [5.41, 5.74) is 2.23. The van der Waals surface area contributed by atoms with Gasteiger partial charge in [-0.3, -0.25) is 9.89 Å². The second-order valence-electron chi connectivity index (χ2n) is 8.68. The number of halogens is 1. The van der Waals surface area contributed by atoms with E-state index in [1.165, 1.54) is 31.2 Å². The minimum atomic E-state index is 0. The van der Waals surface area contributed by atoms with Gasteiger partial charge in [0.2, 0.25) is 0 Å². The van der Waals surface area contributed by atoms with Gasteiger partial charge in [0, 0.05) is 45.8 Å². The lowest BCUT2D eigenvalue weighted by molar-refractivity contribution is 0.0958. The van der Waals surface area contributed by atoms with Gasteiger partial charge >= 0.3 is 0 Å². The fourth-order valence-corrected chi connectivity index (χ4v) is 5.59. The van der Waals surface area contributed by atoms with Crippen LogP contribution in [-0.2, 0) is 6.54 Å². The molecule has 1 aromatic carbocycles. The maximum atomic E-state index is 4.55. The standard InChI is InChI=1S/C22H31N7.HI/c1-23-22(25-14-18-3-2-4-20(12-18)29-16-24-15-26-29)28-9-7-27(8-10-28)21-13-17-5-6-19(21)11-17;/h2-4,12,15-17,19,21H,5-11,13-14H2,1H3,(H,23,25);1H. The molecule has 1 saturated heterocycles. The minimum Gasteiger partial charge on any atom is -0.352 e. The number of rotatable bonds is 4. The topological polar surface area (TPSA) is 61.6 Å². The SMILES string of the molecule is CN=C(NCc1cccc(-n2cncn2)c1)N1CCN(C2CC3CCC2C3)CC1.I. The van der Waals surface area contributed by atoms with Gasteiger partial charge in [-0.2, -0.15) is 5.10 Å². The van der Waals surface area contributed by atoms with Crippen LogP contribution in [0, 0.1) is 11.8 Å². The molecule has 2 heterocycles. The summed E-state index contributed by atoms with van der Waals surface area (Å²) in [5.74, 6) is 3.00. The van der Waals surface area contributed by atoms with Gasteiger partial charge in [0.1, 0.15) is 12.7 Å². The maximum absolute atomic E-state index is 4.55. The average Bonchev–Trinajstić information content (AvgIpc) is 3.53. The Labute approximate surface area is 196 Å². The molecule has 1 aromatic heterocycles. The summed E-state index contributed by atoms with van der Waals surface area (Å²) >= 11 is 0. The Morgan fingerprint density at radius 3 is 2.70 bits per heavy atom.